The molecule has 76 valence electrons. The minimum Gasteiger partial charge on any atom is -0.345 e. The first-order chi connectivity index (χ1) is 6.22. The van der Waals surface area contributed by atoms with Gasteiger partial charge in [-0.15, -0.1) is 0 Å². The Morgan fingerprint density at radius 2 is 2.23 bits per heavy atom. The van der Waals surface area contributed by atoms with E-state index in [2.05, 4.69) is 11.4 Å². The smallest absolute Gasteiger partial charge is 0.236 e. The molecule has 0 rings (SSSR count). The molecule has 3 heteroatoms. The largest absolute Gasteiger partial charge is 0.345 e. The third-order valence-corrected chi connectivity index (χ3v) is 1.90. The van der Waals surface area contributed by atoms with Crippen LogP contribution in [0.15, 0.2) is 12.2 Å². The Labute approximate surface area is 80.8 Å². The molecule has 0 radical (unpaired) electrons. The fourth-order valence-electron chi connectivity index (χ4n) is 0.859. The van der Waals surface area contributed by atoms with Crippen molar-refractivity contribution in [2.24, 2.45) is 0 Å². The first-order valence-electron chi connectivity index (χ1n) is 4.78. The van der Waals surface area contributed by atoms with E-state index in [1.165, 1.54) is 0 Å². The molecule has 3 nitrogen and oxygen atoms in total. The number of allylic oxidation sites excluding steroid dienone is 1. The maximum atomic E-state index is 11.3. The van der Waals surface area contributed by atoms with Gasteiger partial charge in [0.25, 0.3) is 0 Å². The molecule has 1 amide bonds. The second kappa shape index (κ2) is 7.80. The van der Waals surface area contributed by atoms with Crippen LogP contribution >= 0.6 is 0 Å². The average Bonchev–Trinajstić information content (AvgIpc) is 2.16. The highest BCUT2D eigenvalue weighted by Gasteiger charge is 2.03. The van der Waals surface area contributed by atoms with Crippen molar-refractivity contribution in [3.05, 3.63) is 12.2 Å². The number of rotatable bonds is 6. The van der Waals surface area contributed by atoms with E-state index in [9.17, 15) is 4.79 Å². The Balaban J connectivity index is 3.37. The third-order valence-electron chi connectivity index (χ3n) is 1.90. The number of carbonyl (C=O) groups excluding carboxylic acids is 1. The van der Waals surface area contributed by atoms with E-state index >= 15 is 0 Å². The molecule has 0 saturated carbocycles. The van der Waals surface area contributed by atoms with Crippen LogP contribution in [0.3, 0.4) is 0 Å². The van der Waals surface area contributed by atoms with Gasteiger partial charge in [-0.2, -0.15) is 0 Å². The summed E-state index contributed by atoms with van der Waals surface area (Å²) in [6.45, 7) is 6.05. The second-order valence-electron chi connectivity index (χ2n) is 2.94. The molecule has 0 unspecified atom stereocenters. The minimum absolute atomic E-state index is 0.156. The van der Waals surface area contributed by atoms with Crippen LogP contribution in [0.5, 0.6) is 0 Å². The number of nitrogens with zero attached hydrogens (tertiary/aromatic N) is 1. The SMILES string of the molecule is C/C=C/CCNCC(=O)N(C)CC. The summed E-state index contributed by atoms with van der Waals surface area (Å²) in [5, 5.41) is 3.09. The standard InChI is InChI=1S/C10H20N2O/c1-4-6-7-8-11-9-10(13)12(3)5-2/h4,6,11H,5,7-9H2,1-3H3/b6-4+. The van der Waals surface area contributed by atoms with E-state index < -0.39 is 0 Å². The van der Waals surface area contributed by atoms with Crippen LogP contribution in [-0.2, 0) is 4.79 Å². The summed E-state index contributed by atoms with van der Waals surface area (Å²) in [6, 6.07) is 0. The third kappa shape index (κ3) is 6.34. The molecule has 0 aromatic rings. The molecule has 0 heterocycles. The van der Waals surface area contributed by atoms with E-state index in [-0.39, 0.29) is 5.91 Å². The molecule has 0 aromatic carbocycles. The molecule has 0 aliphatic rings. The van der Waals surface area contributed by atoms with Crippen LogP contribution in [0.4, 0.5) is 0 Å². The highest BCUT2D eigenvalue weighted by molar-refractivity contribution is 5.77. The maximum Gasteiger partial charge on any atom is 0.236 e. The van der Waals surface area contributed by atoms with Gasteiger partial charge in [0.15, 0.2) is 0 Å². The lowest BCUT2D eigenvalue weighted by molar-refractivity contribution is -0.128. The molecule has 0 saturated heterocycles. The van der Waals surface area contributed by atoms with E-state index in [0.717, 1.165) is 19.5 Å². The van der Waals surface area contributed by atoms with Crippen LogP contribution < -0.4 is 5.32 Å². The fraction of sp³-hybridized carbons (Fsp3) is 0.700. The van der Waals surface area contributed by atoms with Crippen molar-refractivity contribution in [3.63, 3.8) is 0 Å². The molecule has 13 heavy (non-hydrogen) atoms. The Hall–Kier alpha value is -0.830. The summed E-state index contributed by atoms with van der Waals surface area (Å²) >= 11 is 0. The Morgan fingerprint density at radius 1 is 1.54 bits per heavy atom. The van der Waals surface area contributed by atoms with Crippen molar-refractivity contribution in [1.82, 2.24) is 10.2 Å². The molecule has 0 aliphatic heterocycles. The Bertz CT molecular complexity index is 166. The lowest BCUT2D eigenvalue weighted by Crippen LogP contribution is -2.35. The van der Waals surface area contributed by atoms with Gasteiger partial charge in [-0.3, -0.25) is 4.79 Å². The van der Waals surface area contributed by atoms with Crippen LogP contribution in [0.1, 0.15) is 20.3 Å². The van der Waals surface area contributed by atoms with Crippen molar-refractivity contribution in [1.29, 1.82) is 0 Å². The predicted molar refractivity (Wildman–Crippen MR) is 55.6 cm³/mol. The Morgan fingerprint density at radius 3 is 2.77 bits per heavy atom. The zero-order valence-corrected chi connectivity index (χ0v) is 8.84. The van der Waals surface area contributed by atoms with Crippen LogP contribution in [0.25, 0.3) is 0 Å². The normalized spacial score (nSPS) is 10.7. The van der Waals surface area contributed by atoms with Gasteiger partial charge in [0.1, 0.15) is 0 Å². The Kier molecular flexibility index (Phi) is 7.30. The van der Waals surface area contributed by atoms with Gasteiger partial charge >= 0.3 is 0 Å². The molecule has 0 fully saturated rings. The van der Waals surface area contributed by atoms with Crippen LogP contribution in [0.2, 0.25) is 0 Å². The first-order valence-corrected chi connectivity index (χ1v) is 4.78. The summed E-state index contributed by atoms with van der Waals surface area (Å²) in [5.74, 6) is 0.156. The van der Waals surface area contributed by atoms with E-state index in [4.69, 9.17) is 0 Å². The van der Waals surface area contributed by atoms with E-state index in [1.54, 1.807) is 4.90 Å². The monoisotopic (exact) mass is 184 g/mol. The average molecular weight is 184 g/mol. The van der Waals surface area contributed by atoms with Gasteiger partial charge in [-0.25, -0.2) is 0 Å². The predicted octanol–water partition coefficient (Wildman–Crippen LogP) is 1.02. The second-order valence-corrected chi connectivity index (χ2v) is 2.94. The number of nitrogens with one attached hydrogen (secondary N) is 1. The highest BCUT2D eigenvalue weighted by atomic mass is 16.2. The summed E-state index contributed by atoms with van der Waals surface area (Å²) in [7, 11) is 1.82. The summed E-state index contributed by atoms with van der Waals surface area (Å²) in [4.78, 5) is 13.0. The van der Waals surface area contributed by atoms with Crippen LogP contribution in [-0.4, -0.2) is 37.5 Å². The molecule has 1 N–H and O–H groups in total. The van der Waals surface area contributed by atoms with Gasteiger partial charge in [-0.1, -0.05) is 12.2 Å². The van der Waals surface area contributed by atoms with Crippen molar-refractivity contribution in [3.8, 4) is 0 Å². The van der Waals surface area contributed by atoms with Gasteiger partial charge in [-0.05, 0) is 26.8 Å². The molecule has 0 aliphatic carbocycles. The van der Waals surface area contributed by atoms with Gasteiger partial charge in [0.05, 0.1) is 6.54 Å². The molecule has 0 aromatic heterocycles. The molecule has 0 spiro atoms. The topological polar surface area (TPSA) is 32.3 Å². The number of amides is 1. The first kappa shape index (κ1) is 12.2. The maximum absolute atomic E-state index is 11.3. The summed E-state index contributed by atoms with van der Waals surface area (Å²) < 4.78 is 0. The van der Waals surface area contributed by atoms with Crippen molar-refractivity contribution in [2.45, 2.75) is 20.3 Å². The van der Waals surface area contributed by atoms with Gasteiger partial charge in [0, 0.05) is 13.6 Å². The lowest BCUT2D eigenvalue weighted by atomic mass is 10.4. The van der Waals surface area contributed by atoms with Crippen molar-refractivity contribution < 1.29 is 4.79 Å². The zero-order chi connectivity index (χ0) is 10.1. The molecular formula is C10H20N2O. The fourth-order valence-corrected chi connectivity index (χ4v) is 0.859. The molecule has 0 atom stereocenters. The van der Waals surface area contributed by atoms with E-state index in [1.807, 2.05) is 27.0 Å². The lowest BCUT2D eigenvalue weighted by Gasteiger charge is -2.14. The minimum atomic E-state index is 0.156. The quantitative estimate of drug-likeness (QED) is 0.494. The molecule has 0 bridgehead atoms. The zero-order valence-electron chi connectivity index (χ0n) is 8.84. The number of likely N-dealkylation sites (N-methyl/N-ethyl adjacent to an activating group) is 1. The van der Waals surface area contributed by atoms with Crippen molar-refractivity contribution >= 4 is 5.91 Å². The van der Waals surface area contributed by atoms with E-state index in [0.29, 0.717) is 6.54 Å². The number of hydrogen-bond acceptors (Lipinski definition) is 2. The summed E-state index contributed by atoms with van der Waals surface area (Å²) in [6.07, 6.45) is 5.09. The number of carbonyl (C=O) groups is 1. The van der Waals surface area contributed by atoms with Gasteiger partial charge in [0.2, 0.25) is 5.91 Å². The highest BCUT2D eigenvalue weighted by Crippen LogP contribution is 1.83. The summed E-state index contributed by atoms with van der Waals surface area (Å²) in [5.41, 5.74) is 0. The number of hydrogen-bond donors (Lipinski definition) is 1. The van der Waals surface area contributed by atoms with Gasteiger partial charge < -0.3 is 10.2 Å². The molecular weight excluding hydrogens is 164 g/mol. The van der Waals surface area contributed by atoms with Crippen molar-refractivity contribution in [2.75, 3.05) is 26.7 Å². The van der Waals surface area contributed by atoms with Crippen LogP contribution in [0, 0.1) is 0 Å².